The summed E-state index contributed by atoms with van der Waals surface area (Å²) in [4.78, 5) is 2.01. The molecule has 1 rings (SSSR count). The molecular formula is C10H15F3N2. The molecule has 0 N–H and O–H groups in total. The van der Waals surface area contributed by atoms with Gasteiger partial charge in [-0.05, 0) is 38.9 Å². The first-order chi connectivity index (χ1) is 7.01. The zero-order chi connectivity index (χ0) is 11.3. The Morgan fingerprint density at radius 1 is 1.27 bits per heavy atom. The second-order valence-electron chi connectivity index (χ2n) is 3.96. The van der Waals surface area contributed by atoms with Gasteiger partial charge in [-0.15, -0.1) is 0 Å². The number of likely N-dealkylation sites (tertiary alicyclic amines) is 1. The van der Waals surface area contributed by atoms with E-state index in [-0.39, 0.29) is 12.3 Å². The Morgan fingerprint density at radius 3 is 2.33 bits per heavy atom. The van der Waals surface area contributed by atoms with Crippen LogP contribution in [0, 0.1) is 17.2 Å². The first-order valence-corrected chi connectivity index (χ1v) is 5.20. The van der Waals surface area contributed by atoms with E-state index >= 15 is 0 Å². The van der Waals surface area contributed by atoms with Crippen molar-refractivity contribution in [1.29, 1.82) is 5.26 Å². The zero-order valence-electron chi connectivity index (χ0n) is 8.56. The molecule has 0 amide bonds. The van der Waals surface area contributed by atoms with Crippen molar-refractivity contribution in [2.45, 2.75) is 31.9 Å². The number of alkyl halides is 3. The molecule has 1 aliphatic heterocycles. The molecule has 5 heteroatoms. The minimum absolute atomic E-state index is 0.101. The van der Waals surface area contributed by atoms with Gasteiger partial charge in [0.1, 0.15) is 0 Å². The van der Waals surface area contributed by atoms with Gasteiger partial charge in [-0.25, -0.2) is 0 Å². The molecule has 1 fully saturated rings. The highest BCUT2D eigenvalue weighted by atomic mass is 19.4. The molecule has 2 nitrogen and oxygen atoms in total. The van der Waals surface area contributed by atoms with Crippen LogP contribution in [0.5, 0.6) is 0 Å². The minimum Gasteiger partial charge on any atom is -0.303 e. The molecule has 0 aromatic heterocycles. The number of rotatable bonds is 3. The van der Waals surface area contributed by atoms with Crippen molar-refractivity contribution in [3.8, 4) is 6.07 Å². The molecule has 0 atom stereocenters. The van der Waals surface area contributed by atoms with Crippen molar-refractivity contribution in [2.75, 3.05) is 19.6 Å². The number of piperidine rings is 1. The van der Waals surface area contributed by atoms with Crippen molar-refractivity contribution < 1.29 is 13.2 Å². The fourth-order valence-corrected chi connectivity index (χ4v) is 1.79. The Morgan fingerprint density at radius 2 is 1.87 bits per heavy atom. The summed E-state index contributed by atoms with van der Waals surface area (Å²) in [7, 11) is 0. The van der Waals surface area contributed by atoms with Gasteiger partial charge >= 0.3 is 6.18 Å². The molecule has 0 bridgehead atoms. The molecule has 1 heterocycles. The van der Waals surface area contributed by atoms with Gasteiger partial charge in [0.2, 0.25) is 0 Å². The van der Waals surface area contributed by atoms with Crippen LogP contribution in [0.1, 0.15) is 25.7 Å². The van der Waals surface area contributed by atoms with E-state index in [2.05, 4.69) is 6.07 Å². The van der Waals surface area contributed by atoms with Gasteiger partial charge in [0, 0.05) is 12.3 Å². The van der Waals surface area contributed by atoms with Gasteiger partial charge in [0.15, 0.2) is 0 Å². The van der Waals surface area contributed by atoms with E-state index in [0.29, 0.717) is 6.54 Å². The lowest BCUT2D eigenvalue weighted by Gasteiger charge is -2.28. The molecular weight excluding hydrogens is 205 g/mol. The van der Waals surface area contributed by atoms with Crippen LogP contribution < -0.4 is 0 Å². The van der Waals surface area contributed by atoms with Crippen LogP contribution >= 0.6 is 0 Å². The zero-order valence-corrected chi connectivity index (χ0v) is 8.56. The Labute approximate surface area is 87.7 Å². The van der Waals surface area contributed by atoms with Crippen LogP contribution in [0.4, 0.5) is 13.2 Å². The van der Waals surface area contributed by atoms with Gasteiger partial charge in [0.05, 0.1) is 6.07 Å². The minimum atomic E-state index is -4.04. The summed E-state index contributed by atoms with van der Waals surface area (Å²) in [5, 5.41) is 8.64. The summed E-state index contributed by atoms with van der Waals surface area (Å²) >= 11 is 0. The maximum Gasteiger partial charge on any atom is 0.389 e. The van der Waals surface area contributed by atoms with Crippen LogP contribution in [0.25, 0.3) is 0 Å². The standard InChI is InChI=1S/C10H15F3N2/c11-10(12,13)4-1-5-15-6-2-9(8-14)3-7-15/h9H,1-7H2. The number of hydrogen-bond acceptors (Lipinski definition) is 2. The second kappa shape index (κ2) is 5.36. The van der Waals surface area contributed by atoms with E-state index in [0.717, 1.165) is 25.9 Å². The van der Waals surface area contributed by atoms with Crippen LogP contribution in [0.3, 0.4) is 0 Å². The first kappa shape index (κ1) is 12.3. The fraction of sp³-hybridized carbons (Fsp3) is 0.900. The quantitative estimate of drug-likeness (QED) is 0.730. The van der Waals surface area contributed by atoms with Crippen LogP contribution in [0.15, 0.2) is 0 Å². The third-order valence-corrected chi connectivity index (χ3v) is 2.70. The molecule has 0 aliphatic carbocycles. The van der Waals surface area contributed by atoms with Crippen molar-refractivity contribution in [1.82, 2.24) is 4.90 Å². The molecule has 0 spiro atoms. The van der Waals surface area contributed by atoms with Gasteiger partial charge < -0.3 is 4.90 Å². The summed E-state index contributed by atoms with van der Waals surface area (Å²) < 4.78 is 35.6. The highest BCUT2D eigenvalue weighted by Crippen LogP contribution is 2.22. The molecule has 0 saturated carbocycles. The third-order valence-electron chi connectivity index (χ3n) is 2.70. The summed E-state index contributed by atoms with van der Waals surface area (Å²) in [5.74, 6) is 0.101. The summed E-state index contributed by atoms with van der Waals surface area (Å²) in [6.45, 7) is 2.02. The van der Waals surface area contributed by atoms with E-state index in [1.807, 2.05) is 4.90 Å². The van der Waals surface area contributed by atoms with Crippen LogP contribution in [0.2, 0.25) is 0 Å². The van der Waals surface area contributed by atoms with E-state index in [1.165, 1.54) is 0 Å². The van der Waals surface area contributed by atoms with Crippen molar-refractivity contribution in [3.05, 3.63) is 0 Å². The second-order valence-corrected chi connectivity index (χ2v) is 3.96. The molecule has 0 aromatic rings. The number of halogens is 3. The lowest BCUT2D eigenvalue weighted by atomic mass is 9.98. The fourth-order valence-electron chi connectivity index (χ4n) is 1.79. The van der Waals surface area contributed by atoms with Gasteiger partial charge in [-0.2, -0.15) is 18.4 Å². The van der Waals surface area contributed by atoms with Crippen molar-refractivity contribution >= 4 is 0 Å². The SMILES string of the molecule is N#CC1CCN(CCCC(F)(F)F)CC1. The lowest BCUT2D eigenvalue weighted by molar-refractivity contribution is -0.136. The molecule has 1 aliphatic rings. The topological polar surface area (TPSA) is 27.0 Å². The maximum absolute atomic E-state index is 11.9. The Hall–Kier alpha value is -0.760. The first-order valence-electron chi connectivity index (χ1n) is 5.20. The Bertz CT molecular complexity index is 224. The molecule has 0 unspecified atom stereocenters. The average Bonchev–Trinajstić information content (AvgIpc) is 2.17. The Balaban J connectivity index is 2.12. The summed E-state index contributed by atoms with van der Waals surface area (Å²) in [6.07, 6.45) is -2.98. The average molecular weight is 220 g/mol. The number of hydrogen-bond donors (Lipinski definition) is 0. The molecule has 0 radical (unpaired) electrons. The molecule has 86 valence electrons. The number of nitriles is 1. The van der Waals surface area contributed by atoms with Gasteiger partial charge in [0.25, 0.3) is 0 Å². The van der Waals surface area contributed by atoms with E-state index in [4.69, 9.17) is 5.26 Å². The van der Waals surface area contributed by atoms with Crippen molar-refractivity contribution in [3.63, 3.8) is 0 Å². The maximum atomic E-state index is 11.9. The van der Waals surface area contributed by atoms with Crippen molar-refractivity contribution in [2.24, 2.45) is 5.92 Å². The third kappa shape index (κ3) is 5.03. The van der Waals surface area contributed by atoms with E-state index in [9.17, 15) is 13.2 Å². The van der Waals surface area contributed by atoms with Gasteiger partial charge in [-0.1, -0.05) is 0 Å². The summed E-state index contributed by atoms with van der Waals surface area (Å²) in [6, 6.07) is 2.20. The predicted molar refractivity (Wildman–Crippen MR) is 50.1 cm³/mol. The van der Waals surface area contributed by atoms with E-state index in [1.54, 1.807) is 0 Å². The molecule has 1 saturated heterocycles. The highest BCUT2D eigenvalue weighted by molar-refractivity contribution is 4.87. The summed E-state index contributed by atoms with van der Waals surface area (Å²) in [5.41, 5.74) is 0. The van der Waals surface area contributed by atoms with E-state index < -0.39 is 12.6 Å². The smallest absolute Gasteiger partial charge is 0.303 e. The Kier molecular flexibility index (Phi) is 4.40. The molecule has 0 aromatic carbocycles. The lowest BCUT2D eigenvalue weighted by Crippen LogP contribution is -2.34. The normalized spacial score (nSPS) is 20.1. The van der Waals surface area contributed by atoms with Crippen LogP contribution in [-0.4, -0.2) is 30.7 Å². The highest BCUT2D eigenvalue weighted by Gasteiger charge is 2.27. The van der Waals surface area contributed by atoms with Crippen LogP contribution in [-0.2, 0) is 0 Å². The van der Waals surface area contributed by atoms with Gasteiger partial charge in [-0.3, -0.25) is 0 Å². The monoisotopic (exact) mass is 220 g/mol. The largest absolute Gasteiger partial charge is 0.389 e. The number of nitrogens with zero attached hydrogens (tertiary/aromatic N) is 2. The molecule has 15 heavy (non-hydrogen) atoms. The predicted octanol–water partition coefficient (Wildman–Crippen LogP) is 2.56.